The van der Waals surface area contributed by atoms with Crippen LogP contribution in [-0.2, 0) is 23.2 Å². The van der Waals surface area contributed by atoms with Gasteiger partial charge >= 0.3 is 0 Å². The third-order valence-corrected chi connectivity index (χ3v) is 5.23. The van der Waals surface area contributed by atoms with Crippen molar-refractivity contribution >= 4 is 5.91 Å². The van der Waals surface area contributed by atoms with Gasteiger partial charge in [0.15, 0.2) is 0 Å². The van der Waals surface area contributed by atoms with E-state index in [9.17, 15) is 4.79 Å². The first kappa shape index (κ1) is 14.5. The minimum atomic E-state index is -0.286. The summed E-state index contributed by atoms with van der Waals surface area (Å²) in [6.45, 7) is 5.04. The summed E-state index contributed by atoms with van der Waals surface area (Å²) in [7, 11) is 0. The molecule has 1 fully saturated rings. The molecule has 120 valence electrons. The molecular weight excluding hydrogens is 286 g/mol. The van der Waals surface area contributed by atoms with E-state index in [0.29, 0.717) is 0 Å². The summed E-state index contributed by atoms with van der Waals surface area (Å²) in [4.78, 5) is 17.3. The summed E-state index contributed by atoms with van der Waals surface area (Å²) >= 11 is 0. The van der Waals surface area contributed by atoms with Gasteiger partial charge in [0, 0.05) is 31.4 Å². The third kappa shape index (κ3) is 2.56. The number of benzene rings is 1. The standard InChI is InChI=1S/C19H23N3O/c1-13-9-14(2)11-15(10-13)19(5-6-19)18(23)21-16-3-4-17-20-7-8-22(17)12-16/h7-11,16H,3-6,12H2,1-2H3,(H,21,23)/t16-/m1/s1. The van der Waals surface area contributed by atoms with Crippen LogP contribution in [0.25, 0.3) is 0 Å². The molecule has 0 unspecified atom stereocenters. The zero-order valence-electron chi connectivity index (χ0n) is 13.8. The Kier molecular flexibility index (Phi) is 3.29. The smallest absolute Gasteiger partial charge is 0.230 e. The number of carbonyl (C=O) groups excluding carboxylic acids is 1. The number of hydrogen-bond acceptors (Lipinski definition) is 2. The summed E-state index contributed by atoms with van der Waals surface area (Å²) in [6.07, 6.45) is 7.69. The van der Waals surface area contributed by atoms with E-state index in [1.807, 2.05) is 12.4 Å². The van der Waals surface area contributed by atoms with Crippen LogP contribution in [0.5, 0.6) is 0 Å². The van der Waals surface area contributed by atoms with Gasteiger partial charge in [-0.1, -0.05) is 29.3 Å². The molecule has 1 aromatic carbocycles. The Hall–Kier alpha value is -2.10. The Balaban J connectivity index is 1.51. The lowest BCUT2D eigenvalue weighted by Crippen LogP contribution is -2.45. The van der Waals surface area contributed by atoms with E-state index in [-0.39, 0.29) is 17.4 Å². The molecule has 4 nitrogen and oxygen atoms in total. The number of amides is 1. The lowest BCUT2D eigenvalue weighted by molar-refractivity contribution is -0.124. The van der Waals surface area contributed by atoms with Gasteiger partial charge in [-0.2, -0.15) is 0 Å². The molecule has 2 aromatic rings. The number of nitrogens with one attached hydrogen (secondary N) is 1. The maximum absolute atomic E-state index is 12.9. The van der Waals surface area contributed by atoms with E-state index in [0.717, 1.165) is 38.1 Å². The van der Waals surface area contributed by atoms with E-state index >= 15 is 0 Å². The van der Waals surface area contributed by atoms with Gasteiger partial charge in [-0.15, -0.1) is 0 Å². The second-order valence-corrected chi connectivity index (χ2v) is 7.16. The van der Waals surface area contributed by atoms with Crippen molar-refractivity contribution in [3.8, 4) is 0 Å². The number of nitrogens with zero attached hydrogens (tertiary/aromatic N) is 2. The summed E-state index contributed by atoms with van der Waals surface area (Å²) in [5, 5.41) is 3.30. The van der Waals surface area contributed by atoms with Crippen LogP contribution in [-0.4, -0.2) is 21.5 Å². The van der Waals surface area contributed by atoms with Crippen molar-refractivity contribution in [1.29, 1.82) is 0 Å². The Morgan fingerprint density at radius 2 is 2.00 bits per heavy atom. The molecule has 1 aromatic heterocycles. The molecule has 2 heterocycles. The molecule has 1 amide bonds. The number of aryl methyl sites for hydroxylation is 3. The fourth-order valence-electron chi connectivity index (χ4n) is 3.83. The maximum atomic E-state index is 12.9. The maximum Gasteiger partial charge on any atom is 0.230 e. The van der Waals surface area contributed by atoms with Gasteiger partial charge in [-0.3, -0.25) is 4.79 Å². The molecule has 1 aliphatic heterocycles. The Morgan fingerprint density at radius 3 is 2.70 bits per heavy atom. The number of rotatable bonds is 3. The zero-order chi connectivity index (χ0) is 16.0. The van der Waals surface area contributed by atoms with Gasteiger partial charge in [0.2, 0.25) is 5.91 Å². The molecule has 0 saturated heterocycles. The van der Waals surface area contributed by atoms with Crippen LogP contribution in [0.1, 0.15) is 41.8 Å². The van der Waals surface area contributed by atoms with Gasteiger partial charge in [-0.25, -0.2) is 4.98 Å². The average molecular weight is 309 g/mol. The number of fused-ring (bicyclic) bond motifs is 1. The average Bonchev–Trinajstić information content (AvgIpc) is 3.19. The number of carbonyl (C=O) groups is 1. The van der Waals surface area contributed by atoms with E-state index in [1.54, 1.807) is 0 Å². The summed E-state index contributed by atoms with van der Waals surface area (Å²) in [6, 6.07) is 6.73. The van der Waals surface area contributed by atoms with Crippen molar-refractivity contribution in [3.05, 3.63) is 53.1 Å². The predicted octanol–water partition coefficient (Wildman–Crippen LogP) is 2.66. The molecule has 0 spiro atoms. The molecule has 23 heavy (non-hydrogen) atoms. The highest BCUT2D eigenvalue weighted by molar-refractivity contribution is 5.91. The quantitative estimate of drug-likeness (QED) is 0.947. The lowest BCUT2D eigenvalue weighted by atomic mass is 9.91. The van der Waals surface area contributed by atoms with Gasteiger partial charge in [-0.05, 0) is 38.7 Å². The van der Waals surface area contributed by atoms with Crippen molar-refractivity contribution in [1.82, 2.24) is 14.9 Å². The molecule has 4 rings (SSSR count). The Labute approximate surface area is 136 Å². The highest BCUT2D eigenvalue weighted by Crippen LogP contribution is 2.49. The number of hydrogen-bond donors (Lipinski definition) is 1. The SMILES string of the molecule is Cc1cc(C)cc(C2(C(=O)N[C@@H]3CCc4nccn4C3)CC2)c1. The minimum absolute atomic E-state index is 0.205. The molecule has 4 heteroatoms. The number of imidazole rings is 1. The summed E-state index contributed by atoms with van der Waals surface area (Å²) in [5.41, 5.74) is 3.37. The molecule has 1 atom stereocenters. The van der Waals surface area contributed by atoms with E-state index in [1.165, 1.54) is 16.7 Å². The van der Waals surface area contributed by atoms with Crippen LogP contribution >= 0.6 is 0 Å². The van der Waals surface area contributed by atoms with E-state index in [2.05, 4.69) is 46.9 Å². The van der Waals surface area contributed by atoms with E-state index in [4.69, 9.17) is 0 Å². The van der Waals surface area contributed by atoms with Gasteiger partial charge in [0.25, 0.3) is 0 Å². The van der Waals surface area contributed by atoms with Gasteiger partial charge in [0.1, 0.15) is 5.82 Å². The minimum Gasteiger partial charge on any atom is -0.351 e. The topological polar surface area (TPSA) is 46.9 Å². The molecule has 0 radical (unpaired) electrons. The highest BCUT2D eigenvalue weighted by Gasteiger charge is 2.51. The van der Waals surface area contributed by atoms with Crippen molar-refractivity contribution in [2.75, 3.05) is 0 Å². The van der Waals surface area contributed by atoms with E-state index < -0.39 is 0 Å². The molecule has 1 saturated carbocycles. The molecule has 1 N–H and O–H groups in total. The first-order valence-electron chi connectivity index (χ1n) is 8.47. The molecule has 0 bridgehead atoms. The van der Waals surface area contributed by atoms with Crippen molar-refractivity contribution in [3.63, 3.8) is 0 Å². The molecule has 1 aliphatic carbocycles. The summed E-state index contributed by atoms with van der Waals surface area (Å²) in [5.74, 6) is 1.34. The fourth-order valence-corrected chi connectivity index (χ4v) is 3.83. The van der Waals surface area contributed by atoms with Crippen LogP contribution in [0.2, 0.25) is 0 Å². The van der Waals surface area contributed by atoms with Gasteiger partial charge in [0.05, 0.1) is 5.41 Å². The Morgan fingerprint density at radius 1 is 1.26 bits per heavy atom. The predicted molar refractivity (Wildman–Crippen MR) is 89.3 cm³/mol. The second kappa shape index (κ2) is 5.22. The van der Waals surface area contributed by atoms with Crippen LogP contribution in [0, 0.1) is 13.8 Å². The molecular formula is C19H23N3O. The van der Waals surface area contributed by atoms with Crippen LogP contribution in [0.4, 0.5) is 0 Å². The molecule has 2 aliphatic rings. The van der Waals surface area contributed by atoms with Crippen LogP contribution in [0.15, 0.2) is 30.6 Å². The lowest BCUT2D eigenvalue weighted by Gasteiger charge is -2.27. The highest BCUT2D eigenvalue weighted by atomic mass is 16.2. The third-order valence-electron chi connectivity index (χ3n) is 5.23. The van der Waals surface area contributed by atoms with Crippen molar-refractivity contribution < 1.29 is 4.79 Å². The van der Waals surface area contributed by atoms with Crippen molar-refractivity contribution in [2.45, 2.75) is 57.5 Å². The second-order valence-electron chi connectivity index (χ2n) is 7.16. The largest absolute Gasteiger partial charge is 0.351 e. The first-order chi connectivity index (χ1) is 11.1. The Bertz CT molecular complexity index is 737. The van der Waals surface area contributed by atoms with Crippen LogP contribution < -0.4 is 5.32 Å². The zero-order valence-corrected chi connectivity index (χ0v) is 13.8. The van der Waals surface area contributed by atoms with Crippen molar-refractivity contribution in [2.24, 2.45) is 0 Å². The monoisotopic (exact) mass is 309 g/mol. The first-order valence-corrected chi connectivity index (χ1v) is 8.47. The van der Waals surface area contributed by atoms with Gasteiger partial charge < -0.3 is 9.88 Å². The normalized spacial score (nSPS) is 21.6. The number of aromatic nitrogens is 2. The van der Waals surface area contributed by atoms with Crippen LogP contribution in [0.3, 0.4) is 0 Å². The fraction of sp³-hybridized carbons (Fsp3) is 0.474. The summed E-state index contributed by atoms with van der Waals surface area (Å²) < 4.78 is 2.16.